The maximum absolute atomic E-state index is 6.71. The summed E-state index contributed by atoms with van der Waals surface area (Å²) in [6.45, 7) is 17.3. The Morgan fingerprint density at radius 1 is 0.923 bits per heavy atom. The number of rotatable bonds is 2. The van der Waals surface area contributed by atoms with E-state index in [0.29, 0.717) is 16.9 Å². The normalized spacial score (nSPS) is 47.6. The van der Waals surface area contributed by atoms with Gasteiger partial charge in [-0.25, -0.2) is 0 Å². The Balaban J connectivity index is 1.66. The van der Waals surface area contributed by atoms with Gasteiger partial charge in [-0.3, -0.25) is 0 Å². The van der Waals surface area contributed by atoms with Crippen molar-refractivity contribution < 1.29 is 4.43 Å². The van der Waals surface area contributed by atoms with Crippen LogP contribution in [0.15, 0.2) is 11.6 Å². The molecule has 6 atom stereocenters. The zero-order valence-electron chi connectivity index (χ0n) is 18.5. The van der Waals surface area contributed by atoms with Crippen molar-refractivity contribution in [1.82, 2.24) is 0 Å². The molecule has 0 N–H and O–H groups in total. The monoisotopic (exact) mass is 374 g/mol. The van der Waals surface area contributed by atoms with Crippen LogP contribution in [0.1, 0.15) is 79.1 Å². The van der Waals surface area contributed by atoms with Crippen LogP contribution in [0.25, 0.3) is 0 Å². The van der Waals surface area contributed by atoms with Gasteiger partial charge < -0.3 is 4.43 Å². The lowest BCUT2D eigenvalue weighted by atomic mass is 9.45. The molecule has 0 bridgehead atoms. The number of hydrogen-bond acceptors (Lipinski definition) is 1. The van der Waals surface area contributed by atoms with E-state index in [0.717, 1.165) is 17.8 Å². The Morgan fingerprint density at radius 2 is 1.65 bits per heavy atom. The van der Waals surface area contributed by atoms with E-state index in [1.807, 2.05) is 0 Å². The first kappa shape index (κ1) is 19.2. The van der Waals surface area contributed by atoms with Gasteiger partial charge in [0.15, 0.2) is 8.32 Å². The molecule has 0 spiro atoms. The summed E-state index contributed by atoms with van der Waals surface area (Å²) in [6.07, 6.45) is 14.5. The third-order valence-corrected chi connectivity index (χ3v) is 10.2. The van der Waals surface area contributed by atoms with Crippen LogP contribution in [0, 0.1) is 34.0 Å². The van der Waals surface area contributed by atoms with Crippen molar-refractivity contribution in [3.63, 3.8) is 0 Å². The van der Waals surface area contributed by atoms with Crippen molar-refractivity contribution in [2.75, 3.05) is 0 Å². The molecular formula is C24H42OSi. The predicted octanol–water partition coefficient (Wildman–Crippen LogP) is 7.20. The fourth-order valence-electron chi connectivity index (χ4n) is 8.00. The molecule has 1 nitrogen and oxygen atoms in total. The van der Waals surface area contributed by atoms with Crippen LogP contribution in [0.2, 0.25) is 19.6 Å². The molecule has 3 saturated carbocycles. The molecule has 0 aromatic rings. The maximum atomic E-state index is 6.71. The first-order valence-corrected chi connectivity index (χ1v) is 14.8. The van der Waals surface area contributed by atoms with Gasteiger partial charge in [0.05, 0.1) is 6.10 Å². The van der Waals surface area contributed by atoms with E-state index in [1.54, 1.807) is 5.57 Å². The van der Waals surface area contributed by atoms with E-state index in [-0.39, 0.29) is 5.41 Å². The molecule has 2 heteroatoms. The van der Waals surface area contributed by atoms with Crippen LogP contribution < -0.4 is 0 Å². The predicted molar refractivity (Wildman–Crippen MR) is 114 cm³/mol. The Labute approximate surface area is 163 Å². The zero-order valence-corrected chi connectivity index (χ0v) is 19.5. The van der Waals surface area contributed by atoms with Gasteiger partial charge in [0.2, 0.25) is 0 Å². The second-order valence-corrected chi connectivity index (χ2v) is 16.7. The van der Waals surface area contributed by atoms with E-state index in [2.05, 4.69) is 53.4 Å². The van der Waals surface area contributed by atoms with Crippen LogP contribution in [0.5, 0.6) is 0 Å². The minimum atomic E-state index is -1.50. The van der Waals surface area contributed by atoms with Crippen molar-refractivity contribution in [2.24, 2.45) is 34.0 Å². The van der Waals surface area contributed by atoms with E-state index in [9.17, 15) is 0 Å². The summed E-state index contributed by atoms with van der Waals surface area (Å²) in [5.74, 6) is 2.87. The van der Waals surface area contributed by atoms with Gasteiger partial charge in [-0.15, -0.1) is 0 Å². The van der Waals surface area contributed by atoms with Crippen molar-refractivity contribution in [2.45, 2.75) is 105 Å². The van der Waals surface area contributed by atoms with Crippen LogP contribution in [0.4, 0.5) is 0 Å². The van der Waals surface area contributed by atoms with E-state index < -0.39 is 8.32 Å². The average molecular weight is 375 g/mol. The average Bonchev–Trinajstić information content (AvgIpc) is 2.91. The molecule has 4 rings (SSSR count). The Hall–Kier alpha value is -0.0831. The van der Waals surface area contributed by atoms with Crippen LogP contribution in [-0.2, 0) is 4.43 Å². The number of fused-ring (bicyclic) bond motifs is 5. The van der Waals surface area contributed by atoms with Crippen LogP contribution >= 0.6 is 0 Å². The highest BCUT2D eigenvalue weighted by atomic mass is 28.4. The van der Waals surface area contributed by atoms with Gasteiger partial charge in [-0.2, -0.15) is 0 Å². The third kappa shape index (κ3) is 2.81. The molecule has 0 aromatic carbocycles. The highest BCUT2D eigenvalue weighted by molar-refractivity contribution is 6.69. The van der Waals surface area contributed by atoms with Crippen molar-refractivity contribution >= 4 is 8.32 Å². The fourth-order valence-corrected chi connectivity index (χ4v) is 9.27. The van der Waals surface area contributed by atoms with Crippen LogP contribution in [-0.4, -0.2) is 14.4 Å². The summed E-state index contributed by atoms with van der Waals surface area (Å²) in [7, 11) is -1.50. The molecule has 26 heavy (non-hydrogen) atoms. The molecule has 148 valence electrons. The Morgan fingerprint density at radius 3 is 2.35 bits per heavy atom. The minimum Gasteiger partial charge on any atom is -0.414 e. The largest absolute Gasteiger partial charge is 0.414 e. The summed E-state index contributed by atoms with van der Waals surface area (Å²) < 4.78 is 6.71. The Bertz CT molecular complexity index is 600. The zero-order chi connectivity index (χ0) is 19.0. The molecule has 0 amide bonds. The van der Waals surface area contributed by atoms with Gasteiger partial charge >= 0.3 is 0 Å². The Kier molecular flexibility index (Phi) is 4.41. The number of allylic oxidation sites excluding steroid dienone is 1. The summed E-state index contributed by atoms with van der Waals surface area (Å²) in [5.41, 5.74) is 3.06. The van der Waals surface area contributed by atoms with Crippen molar-refractivity contribution in [3.05, 3.63) is 11.6 Å². The SMILES string of the molecule is CC1(C)C2=CC[C@H]3[C@@H]4CCC[C@@]4(C)CC[C@@H]3[C@@]2(C)CCC1O[Si](C)(C)C. The molecular weight excluding hydrogens is 332 g/mol. The summed E-state index contributed by atoms with van der Waals surface area (Å²) >= 11 is 0. The lowest BCUT2D eigenvalue weighted by molar-refractivity contribution is -0.0612. The lowest BCUT2D eigenvalue weighted by Crippen LogP contribution is -2.55. The fraction of sp³-hybridized carbons (Fsp3) is 0.917. The summed E-state index contributed by atoms with van der Waals surface area (Å²) in [6, 6.07) is 0. The van der Waals surface area contributed by atoms with Gasteiger partial charge in [-0.1, -0.05) is 45.8 Å². The molecule has 0 radical (unpaired) electrons. The van der Waals surface area contributed by atoms with E-state index in [4.69, 9.17) is 4.43 Å². The second kappa shape index (κ2) is 5.96. The summed E-state index contributed by atoms with van der Waals surface area (Å²) in [5, 5.41) is 0. The van der Waals surface area contributed by atoms with Gasteiger partial charge in [0, 0.05) is 5.41 Å². The minimum absolute atomic E-state index is 0.203. The summed E-state index contributed by atoms with van der Waals surface area (Å²) in [4.78, 5) is 0. The first-order valence-electron chi connectivity index (χ1n) is 11.4. The van der Waals surface area contributed by atoms with Crippen LogP contribution in [0.3, 0.4) is 0 Å². The highest BCUT2D eigenvalue weighted by Crippen LogP contribution is 2.67. The molecule has 0 aromatic heterocycles. The third-order valence-electron chi connectivity index (χ3n) is 9.17. The molecule has 3 fully saturated rings. The quantitative estimate of drug-likeness (QED) is 0.367. The smallest absolute Gasteiger partial charge is 0.184 e. The van der Waals surface area contributed by atoms with Gasteiger partial charge in [0.25, 0.3) is 0 Å². The van der Waals surface area contributed by atoms with Gasteiger partial charge in [-0.05, 0) is 93.2 Å². The molecule has 0 saturated heterocycles. The first-order chi connectivity index (χ1) is 12.0. The van der Waals surface area contributed by atoms with Gasteiger partial charge in [0.1, 0.15) is 0 Å². The van der Waals surface area contributed by atoms with Crippen molar-refractivity contribution in [1.29, 1.82) is 0 Å². The van der Waals surface area contributed by atoms with Crippen molar-refractivity contribution in [3.8, 4) is 0 Å². The molecule has 0 aliphatic heterocycles. The second-order valence-electron chi connectivity index (χ2n) is 12.2. The molecule has 1 unspecified atom stereocenters. The topological polar surface area (TPSA) is 9.23 Å². The maximum Gasteiger partial charge on any atom is 0.184 e. The number of hydrogen-bond donors (Lipinski definition) is 0. The standard InChI is InChI=1S/C24H42OSi/c1-22(2)20-11-10-17-18-9-8-14-23(18,3)15-12-19(17)24(20,4)16-13-21(22)25-26(5,6)7/h11,17-19,21H,8-10,12-16H2,1-7H3/t17-,18-,19-,21?,23-,24+/m0/s1. The highest BCUT2D eigenvalue weighted by Gasteiger charge is 2.59. The molecule has 0 heterocycles. The van der Waals surface area contributed by atoms with E-state index in [1.165, 1.54) is 51.4 Å². The molecule has 4 aliphatic rings. The molecule has 4 aliphatic carbocycles. The van der Waals surface area contributed by atoms with E-state index >= 15 is 0 Å². The lowest BCUT2D eigenvalue weighted by Gasteiger charge is -2.61.